The van der Waals surface area contributed by atoms with Gasteiger partial charge in [-0.3, -0.25) is 0 Å². The van der Waals surface area contributed by atoms with Gasteiger partial charge in [0.1, 0.15) is 0 Å². The van der Waals surface area contributed by atoms with E-state index in [0.29, 0.717) is 0 Å². The molecular weight excluding hydrogens is 342 g/mol. The van der Waals surface area contributed by atoms with Gasteiger partial charge in [0, 0.05) is 16.9 Å². The molecule has 140 valence electrons. The summed E-state index contributed by atoms with van der Waals surface area (Å²) in [6, 6.07) is 28.6. The van der Waals surface area contributed by atoms with E-state index in [1.54, 1.807) is 0 Å². The Kier molecular flexibility index (Phi) is 5.30. The van der Waals surface area contributed by atoms with Crippen LogP contribution in [-0.2, 0) is 0 Å². The molecule has 3 aromatic carbocycles. The second kappa shape index (κ2) is 7.36. The standard InChI is InChI=1S/C25H31NSi/c1-25(2,3)26(23-16-11-17-24(19-23)27(4,5)6)22-15-10-14-21(18-22)20-12-8-7-9-13-20/h7-19H,1-6H3. The summed E-state index contributed by atoms with van der Waals surface area (Å²) in [6.07, 6.45) is 0. The van der Waals surface area contributed by atoms with Crippen LogP contribution < -0.4 is 10.1 Å². The Morgan fingerprint density at radius 1 is 0.630 bits per heavy atom. The number of hydrogen-bond acceptors (Lipinski definition) is 1. The lowest BCUT2D eigenvalue weighted by Crippen LogP contribution is -2.41. The first-order chi connectivity index (χ1) is 12.7. The third-order valence-corrected chi connectivity index (χ3v) is 6.90. The van der Waals surface area contributed by atoms with Gasteiger partial charge >= 0.3 is 0 Å². The van der Waals surface area contributed by atoms with Crippen LogP contribution in [0.3, 0.4) is 0 Å². The van der Waals surface area contributed by atoms with E-state index in [4.69, 9.17) is 0 Å². The molecule has 0 aromatic heterocycles. The Morgan fingerprint density at radius 2 is 1.19 bits per heavy atom. The highest BCUT2D eigenvalue weighted by Crippen LogP contribution is 2.35. The Morgan fingerprint density at radius 3 is 1.78 bits per heavy atom. The molecule has 0 aliphatic rings. The summed E-state index contributed by atoms with van der Waals surface area (Å²) in [6.45, 7) is 14.1. The fourth-order valence-corrected chi connectivity index (χ4v) is 4.67. The summed E-state index contributed by atoms with van der Waals surface area (Å²) in [7, 11) is -1.36. The molecule has 0 aliphatic carbocycles. The summed E-state index contributed by atoms with van der Waals surface area (Å²) < 4.78 is 0. The molecule has 0 spiro atoms. The van der Waals surface area contributed by atoms with Gasteiger partial charge in [-0.15, -0.1) is 0 Å². The predicted molar refractivity (Wildman–Crippen MR) is 123 cm³/mol. The van der Waals surface area contributed by atoms with Crippen LogP contribution in [0.2, 0.25) is 19.6 Å². The average molecular weight is 374 g/mol. The van der Waals surface area contributed by atoms with E-state index in [1.165, 1.54) is 27.7 Å². The normalized spacial score (nSPS) is 12.1. The van der Waals surface area contributed by atoms with Crippen LogP contribution in [0.25, 0.3) is 11.1 Å². The molecule has 0 N–H and O–H groups in total. The molecule has 0 bridgehead atoms. The molecule has 3 rings (SSSR count). The SMILES string of the molecule is CC(C)(C)N(c1cccc(-c2ccccc2)c1)c1cccc([Si](C)(C)C)c1. The zero-order valence-corrected chi connectivity index (χ0v) is 18.5. The molecule has 27 heavy (non-hydrogen) atoms. The maximum atomic E-state index is 2.46. The summed E-state index contributed by atoms with van der Waals surface area (Å²) >= 11 is 0. The summed E-state index contributed by atoms with van der Waals surface area (Å²) in [4.78, 5) is 2.46. The van der Waals surface area contributed by atoms with Crippen molar-refractivity contribution >= 4 is 24.6 Å². The monoisotopic (exact) mass is 373 g/mol. The Labute approximate surface area is 165 Å². The number of benzene rings is 3. The van der Waals surface area contributed by atoms with Gasteiger partial charge in [-0.25, -0.2) is 0 Å². The van der Waals surface area contributed by atoms with Crippen LogP contribution in [0.15, 0.2) is 78.9 Å². The fraction of sp³-hybridized carbons (Fsp3) is 0.280. The lowest BCUT2D eigenvalue weighted by Gasteiger charge is -2.38. The van der Waals surface area contributed by atoms with Crippen LogP contribution >= 0.6 is 0 Å². The predicted octanol–water partition coefficient (Wildman–Crippen LogP) is 6.84. The highest BCUT2D eigenvalue weighted by atomic mass is 28.3. The largest absolute Gasteiger partial charge is 0.336 e. The lowest BCUT2D eigenvalue weighted by atomic mass is 10.00. The lowest BCUT2D eigenvalue weighted by molar-refractivity contribution is 0.560. The number of hydrogen-bond donors (Lipinski definition) is 0. The van der Waals surface area contributed by atoms with Gasteiger partial charge in [0.05, 0.1) is 8.07 Å². The third-order valence-electron chi connectivity index (χ3n) is 4.85. The van der Waals surface area contributed by atoms with E-state index in [0.717, 1.165) is 0 Å². The maximum Gasteiger partial charge on any atom is 0.0776 e. The zero-order chi connectivity index (χ0) is 19.7. The fourth-order valence-electron chi connectivity index (χ4n) is 3.49. The van der Waals surface area contributed by atoms with E-state index >= 15 is 0 Å². The van der Waals surface area contributed by atoms with Crippen molar-refractivity contribution in [3.63, 3.8) is 0 Å². The van der Waals surface area contributed by atoms with Crippen molar-refractivity contribution in [1.29, 1.82) is 0 Å². The van der Waals surface area contributed by atoms with Gasteiger partial charge in [-0.1, -0.05) is 79.4 Å². The second-order valence-corrected chi connectivity index (χ2v) is 14.3. The first-order valence-electron chi connectivity index (χ1n) is 9.72. The molecule has 0 amide bonds. The molecule has 0 fully saturated rings. The molecule has 0 saturated carbocycles. The van der Waals surface area contributed by atoms with Gasteiger partial charge in [0.25, 0.3) is 0 Å². The minimum atomic E-state index is -1.36. The molecule has 0 unspecified atom stereocenters. The van der Waals surface area contributed by atoms with E-state index in [-0.39, 0.29) is 5.54 Å². The summed E-state index contributed by atoms with van der Waals surface area (Å²) in [5.41, 5.74) is 4.99. The maximum absolute atomic E-state index is 2.46. The highest BCUT2D eigenvalue weighted by Gasteiger charge is 2.25. The van der Waals surface area contributed by atoms with Crippen molar-refractivity contribution in [3.8, 4) is 11.1 Å². The minimum Gasteiger partial charge on any atom is -0.336 e. The molecule has 0 aliphatic heterocycles. The molecule has 0 atom stereocenters. The second-order valence-electron chi connectivity index (χ2n) is 9.22. The van der Waals surface area contributed by atoms with Crippen molar-refractivity contribution in [1.82, 2.24) is 0 Å². The topological polar surface area (TPSA) is 3.24 Å². The summed E-state index contributed by atoms with van der Waals surface area (Å²) in [5, 5.41) is 1.49. The number of nitrogens with zero attached hydrogens (tertiary/aromatic N) is 1. The highest BCUT2D eigenvalue weighted by molar-refractivity contribution is 6.88. The minimum absolute atomic E-state index is 0.0205. The van der Waals surface area contributed by atoms with Gasteiger partial charge in [-0.2, -0.15) is 0 Å². The van der Waals surface area contributed by atoms with Crippen LogP contribution in [0.5, 0.6) is 0 Å². The molecule has 2 heteroatoms. The van der Waals surface area contributed by atoms with Crippen molar-refractivity contribution in [2.45, 2.75) is 46.0 Å². The molecular formula is C25H31NSi. The Hall–Kier alpha value is -2.32. The van der Waals surface area contributed by atoms with Gasteiger partial charge < -0.3 is 4.90 Å². The van der Waals surface area contributed by atoms with E-state index < -0.39 is 8.07 Å². The number of anilines is 2. The third kappa shape index (κ3) is 4.51. The smallest absolute Gasteiger partial charge is 0.0776 e. The van der Waals surface area contributed by atoms with Crippen LogP contribution in [-0.4, -0.2) is 13.6 Å². The van der Waals surface area contributed by atoms with Gasteiger partial charge in [0.15, 0.2) is 0 Å². The zero-order valence-electron chi connectivity index (χ0n) is 17.5. The first-order valence-corrected chi connectivity index (χ1v) is 13.2. The quantitative estimate of drug-likeness (QED) is 0.453. The van der Waals surface area contributed by atoms with Crippen LogP contribution in [0.4, 0.5) is 11.4 Å². The Balaban J connectivity index is 2.10. The molecule has 0 saturated heterocycles. The molecule has 3 aromatic rings. The van der Waals surface area contributed by atoms with Crippen LogP contribution in [0.1, 0.15) is 20.8 Å². The van der Waals surface area contributed by atoms with Crippen LogP contribution in [0, 0.1) is 0 Å². The summed E-state index contributed by atoms with van der Waals surface area (Å²) in [5.74, 6) is 0. The number of rotatable bonds is 4. The van der Waals surface area contributed by atoms with Gasteiger partial charge in [0.2, 0.25) is 0 Å². The van der Waals surface area contributed by atoms with Crippen molar-refractivity contribution < 1.29 is 0 Å². The van der Waals surface area contributed by atoms with E-state index in [2.05, 4.69) is 124 Å². The van der Waals surface area contributed by atoms with E-state index in [1.807, 2.05) is 0 Å². The van der Waals surface area contributed by atoms with E-state index in [9.17, 15) is 0 Å². The molecule has 0 radical (unpaired) electrons. The molecule has 0 heterocycles. The first kappa shape index (κ1) is 19.4. The Bertz CT molecular complexity index is 901. The van der Waals surface area contributed by atoms with Crippen molar-refractivity contribution in [3.05, 3.63) is 78.9 Å². The average Bonchev–Trinajstić information content (AvgIpc) is 2.61. The van der Waals surface area contributed by atoms with Gasteiger partial charge in [-0.05, 0) is 56.2 Å². The van der Waals surface area contributed by atoms with Crippen molar-refractivity contribution in [2.75, 3.05) is 4.90 Å². The van der Waals surface area contributed by atoms with Crippen molar-refractivity contribution in [2.24, 2.45) is 0 Å². The molecule has 1 nitrogen and oxygen atoms in total.